The van der Waals surface area contributed by atoms with Gasteiger partial charge >= 0.3 is 0 Å². The molecule has 2 saturated heterocycles. The van der Waals surface area contributed by atoms with Crippen LogP contribution >= 0.6 is 11.3 Å². The molecule has 1 aromatic heterocycles. The van der Waals surface area contributed by atoms with Crippen LogP contribution < -0.4 is 5.32 Å². The van der Waals surface area contributed by atoms with Crippen LogP contribution in [0.25, 0.3) is 0 Å². The molecule has 1 aromatic rings. The number of hydrogen-bond donors (Lipinski definition) is 1. The van der Waals surface area contributed by atoms with Crippen LogP contribution in [0.15, 0.2) is 17.5 Å². The number of piperazine rings is 1. The van der Waals surface area contributed by atoms with Crippen LogP contribution in [-0.4, -0.2) is 55.1 Å². The minimum Gasteiger partial charge on any atom is -0.314 e. The van der Waals surface area contributed by atoms with Gasteiger partial charge in [-0.2, -0.15) is 0 Å². The van der Waals surface area contributed by atoms with Crippen LogP contribution in [0.2, 0.25) is 0 Å². The lowest BCUT2D eigenvalue weighted by molar-refractivity contribution is 0.0640. The zero-order chi connectivity index (χ0) is 14.5. The van der Waals surface area contributed by atoms with Crippen molar-refractivity contribution in [2.24, 2.45) is 0 Å². The Morgan fingerprint density at radius 2 is 2.14 bits per heavy atom. The summed E-state index contributed by atoms with van der Waals surface area (Å²) in [6, 6.07) is 5.95. The SMILES string of the molecule is CCC1CCCCN1C(CN1CCNCC1)c1cccs1. The van der Waals surface area contributed by atoms with Crippen LogP contribution in [0.3, 0.4) is 0 Å². The lowest BCUT2D eigenvalue weighted by Gasteiger charge is -2.43. The zero-order valence-electron chi connectivity index (χ0n) is 13.3. The van der Waals surface area contributed by atoms with Gasteiger partial charge < -0.3 is 5.32 Å². The number of piperidine rings is 1. The molecule has 3 rings (SSSR count). The van der Waals surface area contributed by atoms with Crippen molar-refractivity contribution < 1.29 is 0 Å². The van der Waals surface area contributed by atoms with Gasteiger partial charge in [0.1, 0.15) is 0 Å². The summed E-state index contributed by atoms with van der Waals surface area (Å²) in [6.45, 7) is 9.55. The number of rotatable bonds is 5. The smallest absolute Gasteiger partial charge is 0.0571 e. The van der Waals surface area contributed by atoms with E-state index in [2.05, 4.69) is 39.6 Å². The second kappa shape index (κ2) is 7.73. The van der Waals surface area contributed by atoms with E-state index in [1.165, 1.54) is 51.9 Å². The molecule has 1 N–H and O–H groups in total. The molecular formula is C17H29N3S. The number of thiophene rings is 1. The van der Waals surface area contributed by atoms with Crippen LogP contribution in [0, 0.1) is 0 Å². The van der Waals surface area contributed by atoms with Gasteiger partial charge in [0.15, 0.2) is 0 Å². The van der Waals surface area contributed by atoms with E-state index >= 15 is 0 Å². The van der Waals surface area contributed by atoms with Crippen molar-refractivity contribution >= 4 is 11.3 Å². The molecular weight excluding hydrogens is 278 g/mol. The maximum atomic E-state index is 3.47. The zero-order valence-corrected chi connectivity index (χ0v) is 14.1. The van der Waals surface area contributed by atoms with E-state index in [1.807, 2.05) is 11.3 Å². The largest absolute Gasteiger partial charge is 0.314 e. The van der Waals surface area contributed by atoms with Crippen LogP contribution in [-0.2, 0) is 0 Å². The van der Waals surface area contributed by atoms with Gasteiger partial charge in [0, 0.05) is 43.6 Å². The Hall–Kier alpha value is -0.420. The van der Waals surface area contributed by atoms with Crippen LogP contribution in [0.4, 0.5) is 0 Å². The maximum absolute atomic E-state index is 3.47. The second-order valence-corrected chi connectivity index (χ2v) is 7.36. The first-order chi connectivity index (χ1) is 10.4. The Balaban J connectivity index is 1.74. The lowest BCUT2D eigenvalue weighted by Crippen LogP contribution is -2.49. The van der Waals surface area contributed by atoms with E-state index in [0.29, 0.717) is 6.04 Å². The molecule has 4 heteroatoms. The molecule has 0 aliphatic carbocycles. The lowest BCUT2D eigenvalue weighted by atomic mass is 9.97. The summed E-state index contributed by atoms with van der Waals surface area (Å²) in [5, 5.41) is 5.71. The van der Waals surface area contributed by atoms with Gasteiger partial charge in [-0.3, -0.25) is 9.80 Å². The quantitative estimate of drug-likeness (QED) is 0.902. The summed E-state index contributed by atoms with van der Waals surface area (Å²) in [4.78, 5) is 7.04. The van der Waals surface area contributed by atoms with Gasteiger partial charge in [0.25, 0.3) is 0 Å². The van der Waals surface area contributed by atoms with Crippen molar-refractivity contribution in [3.8, 4) is 0 Å². The minimum absolute atomic E-state index is 0.605. The standard InChI is InChI=1S/C17H29N3S/c1-2-15-6-3-4-10-20(15)16(17-7-5-13-21-17)14-19-11-8-18-9-12-19/h5,7,13,15-16,18H,2-4,6,8-12,14H2,1H3. The van der Waals surface area contributed by atoms with E-state index < -0.39 is 0 Å². The Morgan fingerprint density at radius 1 is 1.29 bits per heavy atom. The highest BCUT2D eigenvalue weighted by atomic mass is 32.1. The fourth-order valence-corrected chi connectivity index (χ4v) is 4.69. The predicted molar refractivity (Wildman–Crippen MR) is 91.0 cm³/mol. The van der Waals surface area contributed by atoms with Crippen LogP contribution in [0.5, 0.6) is 0 Å². The molecule has 2 fully saturated rings. The number of hydrogen-bond acceptors (Lipinski definition) is 4. The second-order valence-electron chi connectivity index (χ2n) is 6.38. The number of likely N-dealkylation sites (tertiary alicyclic amines) is 1. The van der Waals surface area contributed by atoms with Crippen molar-refractivity contribution in [3.05, 3.63) is 22.4 Å². The summed E-state index contributed by atoms with van der Waals surface area (Å²) in [6.07, 6.45) is 5.48. The molecule has 2 atom stereocenters. The van der Waals surface area contributed by atoms with Gasteiger partial charge in [-0.05, 0) is 37.3 Å². The van der Waals surface area contributed by atoms with Gasteiger partial charge in [-0.25, -0.2) is 0 Å². The molecule has 21 heavy (non-hydrogen) atoms. The van der Waals surface area contributed by atoms with E-state index in [0.717, 1.165) is 19.1 Å². The van der Waals surface area contributed by atoms with E-state index in [9.17, 15) is 0 Å². The summed E-state index contributed by atoms with van der Waals surface area (Å²) in [5.74, 6) is 0. The fourth-order valence-electron chi connectivity index (χ4n) is 3.85. The highest BCUT2D eigenvalue weighted by Crippen LogP contribution is 2.33. The van der Waals surface area contributed by atoms with Crippen molar-refractivity contribution in [3.63, 3.8) is 0 Å². The topological polar surface area (TPSA) is 18.5 Å². The Morgan fingerprint density at radius 3 is 2.86 bits per heavy atom. The first-order valence-electron chi connectivity index (χ1n) is 8.60. The highest BCUT2D eigenvalue weighted by molar-refractivity contribution is 7.10. The monoisotopic (exact) mass is 307 g/mol. The third kappa shape index (κ3) is 3.86. The van der Waals surface area contributed by atoms with Crippen molar-refractivity contribution in [1.82, 2.24) is 15.1 Å². The van der Waals surface area contributed by atoms with Gasteiger partial charge in [0.05, 0.1) is 6.04 Å². The van der Waals surface area contributed by atoms with E-state index in [1.54, 1.807) is 4.88 Å². The molecule has 2 aliphatic heterocycles. The predicted octanol–water partition coefficient (Wildman–Crippen LogP) is 2.96. The molecule has 0 aromatic carbocycles. The first kappa shape index (κ1) is 15.5. The molecule has 0 bridgehead atoms. The fraction of sp³-hybridized carbons (Fsp3) is 0.765. The Labute approximate surface area is 133 Å². The third-order valence-corrected chi connectivity index (χ3v) is 6.03. The maximum Gasteiger partial charge on any atom is 0.0571 e. The first-order valence-corrected chi connectivity index (χ1v) is 9.48. The summed E-state index contributed by atoms with van der Waals surface area (Å²) in [5.41, 5.74) is 0. The van der Waals surface area contributed by atoms with E-state index in [4.69, 9.17) is 0 Å². The molecule has 0 radical (unpaired) electrons. The minimum atomic E-state index is 0.605. The number of nitrogens with zero attached hydrogens (tertiary/aromatic N) is 2. The summed E-state index contributed by atoms with van der Waals surface area (Å²) >= 11 is 1.94. The molecule has 118 valence electrons. The highest BCUT2D eigenvalue weighted by Gasteiger charge is 2.30. The van der Waals surface area contributed by atoms with Crippen molar-refractivity contribution in [2.75, 3.05) is 39.3 Å². The normalized spacial score (nSPS) is 26.8. The summed E-state index contributed by atoms with van der Waals surface area (Å²) in [7, 11) is 0. The average Bonchev–Trinajstić information content (AvgIpc) is 3.08. The molecule has 2 aliphatic rings. The van der Waals surface area contributed by atoms with Crippen molar-refractivity contribution in [2.45, 2.75) is 44.7 Å². The van der Waals surface area contributed by atoms with Gasteiger partial charge in [-0.15, -0.1) is 11.3 Å². The van der Waals surface area contributed by atoms with Crippen molar-refractivity contribution in [1.29, 1.82) is 0 Å². The molecule has 0 saturated carbocycles. The third-order valence-electron chi connectivity index (χ3n) is 5.06. The number of nitrogens with one attached hydrogen (secondary N) is 1. The van der Waals surface area contributed by atoms with Gasteiger partial charge in [0.2, 0.25) is 0 Å². The van der Waals surface area contributed by atoms with E-state index in [-0.39, 0.29) is 0 Å². The van der Waals surface area contributed by atoms with Gasteiger partial charge in [-0.1, -0.05) is 19.4 Å². The summed E-state index contributed by atoms with van der Waals surface area (Å²) < 4.78 is 0. The molecule has 0 spiro atoms. The average molecular weight is 308 g/mol. The molecule has 3 heterocycles. The molecule has 2 unspecified atom stereocenters. The van der Waals surface area contributed by atoms with Crippen LogP contribution in [0.1, 0.15) is 43.5 Å². The Kier molecular flexibility index (Phi) is 5.69. The Bertz CT molecular complexity index is 400. The molecule has 3 nitrogen and oxygen atoms in total. The molecule has 0 amide bonds.